The first-order chi connectivity index (χ1) is 42.4. The zero-order valence-electron chi connectivity index (χ0n) is 51.0. The van der Waals surface area contributed by atoms with E-state index in [0.29, 0.717) is 61.0 Å². The van der Waals surface area contributed by atoms with Gasteiger partial charge in [0.15, 0.2) is 5.96 Å². The number of nitrogens with two attached hydrogens (primary N) is 6. The number of aromatic hydroxyl groups is 1. The van der Waals surface area contributed by atoms with E-state index in [-0.39, 0.29) is 95.0 Å². The van der Waals surface area contributed by atoms with E-state index in [1.54, 1.807) is 80.6 Å². The highest BCUT2D eigenvalue weighted by molar-refractivity contribution is 5.98. The lowest BCUT2D eigenvalue weighted by Crippen LogP contribution is -2.60. The molecule has 1 saturated heterocycles. The maximum Gasteiger partial charge on any atom is 0.326 e. The summed E-state index contributed by atoms with van der Waals surface area (Å²) in [6, 6.07) is 10.3. The molecule has 4 rings (SSSR count). The summed E-state index contributed by atoms with van der Waals surface area (Å²) in [5.41, 5.74) is 37.1. The number of likely N-dealkylation sites (tertiary alicyclic amines) is 1. The third kappa shape index (κ3) is 25.8. The fraction of sp³-hybridized carbons (Fsp3) is 0.525. The molecular weight excluding hydrogens is 1150 g/mol. The van der Waals surface area contributed by atoms with Crippen molar-refractivity contribution < 1.29 is 58.2 Å². The minimum absolute atomic E-state index is 0.0270. The fourth-order valence-electron chi connectivity index (χ4n) is 9.93. The molecule has 0 radical (unpaired) electrons. The average molecular weight is 1240 g/mol. The summed E-state index contributed by atoms with van der Waals surface area (Å²) in [4.78, 5) is 144. The quantitative estimate of drug-likeness (QED) is 0.0131. The number of unbranched alkanes of at least 4 members (excludes halogenated alkanes) is 2. The van der Waals surface area contributed by atoms with E-state index in [1.807, 2.05) is 0 Å². The number of hydrogen-bond donors (Lipinski definition) is 16. The second-order valence-corrected chi connectivity index (χ2v) is 22.7. The van der Waals surface area contributed by atoms with Crippen molar-refractivity contribution in [2.24, 2.45) is 39.6 Å². The molecule has 1 aliphatic heterocycles. The predicted molar refractivity (Wildman–Crippen MR) is 334 cm³/mol. The Labute approximate surface area is 519 Å². The summed E-state index contributed by atoms with van der Waals surface area (Å²) < 4.78 is 0. The number of carbonyl (C=O) groups is 10. The first-order valence-electron chi connectivity index (χ1n) is 30.2. The van der Waals surface area contributed by atoms with Crippen LogP contribution in [0.15, 0.2) is 83.9 Å². The highest BCUT2D eigenvalue weighted by Gasteiger charge is 2.40. The number of amides is 9. The summed E-state index contributed by atoms with van der Waals surface area (Å²) in [5, 5.41) is 40.8. The molecule has 0 saturated carbocycles. The monoisotopic (exact) mass is 1240 g/mol. The van der Waals surface area contributed by atoms with Crippen molar-refractivity contribution in [1.82, 2.24) is 47.4 Å². The third-order valence-electron chi connectivity index (χ3n) is 14.8. The smallest absolute Gasteiger partial charge is 0.326 e. The SMILES string of the molecule is CC(C)C[C@H](NC(=O)[C@H](Cc1ccccc1)NC(=O)CNC(=O)[C@@H](C)NC(=O)[C@@H](N)Cc1ccc(O)cc1)C(=O)N[C@@H](CCCN=C(N)N)C(=O)N[C@@H](CCCCN)C(=O)N[C@@H](Cc1ccc(N)cc1)C(=O)N1CCC[C@H]1C(=O)N[C@@H](CCCCN)C(=O)O. The Balaban J connectivity index is 1.56. The molecule has 3 aromatic carbocycles. The van der Waals surface area contributed by atoms with Crippen molar-refractivity contribution >= 4 is 70.8 Å². The van der Waals surface area contributed by atoms with Gasteiger partial charge in [-0.05, 0) is 144 Å². The third-order valence-corrected chi connectivity index (χ3v) is 14.8. The Morgan fingerprint density at radius 1 is 0.584 bits per heavy atom. The van der Waals surface area contributed by atoms with Crippen LogP contribution in [-0.4, -0.2) is 167 Å². The van der Waals surface area contributed by atoms with E-state index in [4.69, 9.17) is 34.4 Å². The van der Waals surface area contributed by atoms with E-state index in [9.17, 15) is 58.2 Å². The number of phenols is 1. The Morgan fingerprint density at radius 3 is 1.69 bits per heavy atom. The zero-order chi connectivity index (χ0) is 65.6. The molecule has 0 aromatic heterocycles. The van der Waals surface area contributed by atoms with Crippen LogP contribution >= 0.6 is 0 Å². The number of carbonyl (C=O) groups excluding carboxylic acids is 9. The number of phenolic OH excluding ortho intramolecular Hbond substituents is 1. The molecule has 3 aromatic rings. The molecule has 22 N–H and O–H groups in total. The fourth-order valence-corrected chi connectivity index (χ4v) is 9.93. The number of anilines is 1. The van der Waals surface area contributed by atoms with Crippen LogP contribution in [0.3, 0.4) is 0 Å². The van der Waals surface area contributed by atoms with Gasteiger partial charge in [0, 0.05) is 31.6 Å². The molecule has 9 atom stereocenters. The Morgan fingerprint density at radius 2 is 1.10 bits per heavy atom. The topological polar surface area (TPSA) is 479 Å². The van der Waals surface area contributed by atoms with Gasteiger partial charge in [-0.2, -0.15) is 0 Å². The van der Waals surface area contributed by atoms with Gasteiger partial charge in [-0.25, -0.2) is 4.79 Å². The van der Waals surface area contributed by atoms with Gasteiger partial charge in [-0.3, -0.25) is 48.1 Å². The van der Waals surface area contributed by atoms with Gasteiger partial charge in [0.2, 0.25) is 53.2 Å². The van der Waals surface area contributed by atoms with Crippen molar-refractivity contribution in [2.75, 3.05) is 38.5 Å². The van der Waals surface area contributed by atoms with E-state index in [0.717, 1.165) is 0 Å². The van der Waals surface area contributed by atoms with Gasteiger partial charge >= 0.3 is 5.97 Å². The molecule has 0 unspecified atom stereocenters. The number of benzene rings is 3. The Hall–Kier alpha value is -8.89. The van der Waals surface area contributed by atoms with Crippen LogP contribution in [0, 0.1) is 5.92 Å². The normalized spacial score (nSPS) is 15.5. The summed E-state index contributed by atoms with van der Waals surface area (Å²) in [5.74, 6) is -8.25. The molecular formula is C61H92N16O12. The second-order valence-electron chi connectivity index (χ2n) is 22.7. The summed E-state index contributed by atoms with van der Waals surface area (Å²) in [6.45, 7) is 5.15. The Bertz CT molecular complexity index is 2840. The largest absolute Gasteiger partial charge is 0.508 e. The molecule has 488 valence electrons. The molecule has 1 fully saturated rings. The lowest BCUT2D eigenvalue weighted by molar-refractivity contribution is -0.145. The molecule has 1 heterocycles. The van der Waals surface area contributed by atoms with Crippen molar-refractivity contribution in [3.05, 3.63) is 95.6 Å². The van der Waals surface area contributed by atoms with Crippen LogP contribution in [0.1, 0.15) is 108 Å². The number of aliphatic carboxylic acids is 1. The highest BCUT2D eigenvalue weighted by Crippen LogP contribution is 2.22. The first-order valence-corrected chi connectivity index (χ1v) is 30.2. The van der Waals surface area contributed by atoms with Gasteiger partial charge < -0.3 is 92.0 Å². The predicted octanol–water partition coefficient (Wildman–Crippen LogP) is -1.71. The first kappa shape index (κ1) is 72.6. The van der Waals surface area contributed by atoms with Crippen LogP contribution in [0.2, 0.25) is 0 Å². The number of carboxylic acid groups (broad SMARTS) is 1. The molecule has 0 spiro atoms. The van der Waals surface area contributed by atoms with Crippen molar-refractivity contribution in [3.8, 4) is 5.75 Å². The Kier molecular flexibility index (Phi) is 30.8. The van der Waals surface area contributed by atoms with E-state index in [2.05, 4.69) is 47.5 Å². The van der Waals surface area contributed by atoms with Gasteiger partial charge in [-0.1, -0.05) is 68.4 Å². The van der Waals surface area contributed by atoms with E-state index in [1.165, 1.54) is 24.0 Å². The van der Waals surface area contributed by atoms with Crippen LogP contribution in [-0.2, 0) is 67.2 Å². The van der Waals surface area contributed by atoms with Gasteiger partial charge in [-0.15, -0.1) is 0 Å². The lowest BCUT2D eigenvalue weighted by Gasteiger charge is -2.31. The maximum absolute atomic E-state index is 14.7. The molecule has 0 aliphatic carbocycles. The average Bonchev–Trinajstić information content (AvgIpc) is 2.43. The van der Waals surface area contributed by atoms with E-state index < -0.39 is 120 Å². The maximum atomic E-state index is 14.7. The standard InChI is InChI=1S/C61H92N16O12/c1-36(2)31-47(75-57(85)48(33-38-13-5-4-6-14-38)71-51(79)35-69-52(80)37(3)70-53(81)43(65)32-39-21-25-42(78)26-22-39)56(84)73-45(17-11-29-68-61(66)67)54(82)72-44(15-7-9-27-62)55(83)76-49(34-40-19-23-41(64)24-20-40)59(87)77-30-12-18-50(77)58(86)74-46(60(88)89)16-8-10-28-63/h4-6,13-14,19-26,36-37,43-50,78H,7-12,15-18,27-35,62-65H2,1-3H3,(H,69,80)(H,70,81)(H,71,79)(H,72,82)(H,73,84)(H,74,86)(H,75,85)(H,76,83)(H,88,89)(H4,66,67,68)/t37-,43+,44+,45+,46+,47+,48+,49+,50+/m1/s1. The van der Waals surface area contributed by atoms with Gasteiger partial charge in [0.1, 0.15) is 54.1 Å². The number of nitrogens with zero attached hydrogens (tertiary/aromatic N) is 2. The van der Waals surface area contributed by atoms with Crippen molar-refractivity contribution in [2.45, 2.75) is 165 Å². The molecule has 0 bridgehead atoms. The van der Waals surface area contributed by atoms with Crippen LogP contribution in [0.4, 0.5) is 5.69 Å². The number of nitrogens with one attached hydrogen (secondary N) is 8. The molecule has 89 heavy (non-hydrogen) atoms. The number of nitrogen functional groups attached to an aromatic ring is 1. The molecule has 28 nitrogen and oxygen atoms in total. The van der Waals surface area contributed by atoms with Gasteiger partial charge in [0.05, 0.1) is 12.6 Å². The zero-order valence-corrected chi connectivity index (χ0v) is 51.0. The summed E-state index contributed by atoms with van der Waals surface area (Å²) in [7, 11) is 0. The number of rotatable bonds is 38. The van der Waals surface area contributed by atoms with Crippen LogP contribution < -0.4 is 76.9 Å². The number of aliphatic imine (C=N–C) groups is 1. The highest BCUT2D eigenvalue weighted by atomic mass is 16.4. The lowest BCUT2D eigenvalue weighted by atomic mass is 10.00. The van der Waals surface area contributed by atoms with Gasteiger partial charge in [0.25, 0.3) is 0 Å². The summed E-state index contributed by atoms with van der Waals surface area (Å²) >= 11 is 0. The summed E-state index contributed by atoms with van der Waals surface area (Å²) in [6.07, 6.45) is 2.66. The van der Waals surface area contributed by atoms with E-state index >= 15 is 0 Å². The number of guanidine groups is 1. The molecule has 9 amide bonds. The second kappa shape index (κ2) is 37.7. The minimum atomic E-state index is -1.38. The molecule has 28 heteroatoms. The number of hydrogen-bond acceptors (Lipinski definition) is 16. The van der Waals surface area contributed by atoms with Crippen molar-refractivity contribution in [3.63, 3.8) is 0 Å². The van der Waals surface area contributed by atoms with Crippen molar-refractivity contribution in [1.29, 1.82) is 0 Å². The number of carboxylic acids is 1. The van der Waals surface area contributed by atoms with Crippen LogP contribution in [0.5, 0.6) is 5.75 Å². The molecule has 1 aliphatic rings. The minimum Gasteiger partial charge on any atom is -0.508 e. The van der Waals surface area contributed by atoms with Crippen LogP contribution in [0.25, 0.3) is 0 Å².